The van der Waals surface area contributed by atoms with E-state index in [1.807, 2.05) is 37.3 Å². The van der Waals surface area contributed by atoms with Crippen LogP contribution >= 0.6 is 0 Å². The van der Waals surface area contributed by atoms with Gasteiger partial charge in [0, 0.05) is 33.3 Å². The van der Waals surface area contributed by atoms with Gasteiger partial charge in [-0.05, 0) is 12.5 Å². The van der Waals surface area contributed by atoms with Gasteiger partial charge in [0.2, 0.25) is 10.0 Å². The van der Waals surface area contributed by atoms with Crippen molar-refractivity contribution in [2.75, 3.05) is 31.7 Å². The van der Waals surface area contributed by atoms with E-state index in [-0.39, 0.29) is 12.3 Å². The van der Waals surface area contributed by atoms with Crippen molar-refractivity contribution in [3.63, 3.8) is 0 Å². The highest BCUT2D eigenvalue weighted by atomic mass is 32.2. The number of sulfonamides is 1. The van der Waals surface area contributed by atoms with Gasteiger partial charge in [0.1, 0.15) is 5.82 Å². The van der Waals surface area contributed by atoms with E-state index < -0.39 is 16.1 Å². The molecular weight excluding hydrogens is 342 g/mol. The fourth-order valence-electron chi connectivity index (χ4n) is 2.38. The van der Waals surface area contributed by atoms with E-state index in [4.69, 9.17) is 0 Å². The van der Waals surface area contributed by atoms with Crippen molar-refractivity contribution in [2.24, 2.45) is 7.05 Å². The molecule has 0 aliphatic rings. The van der Waals surface area contributed by atoms with Crippen molar-refractivity contribution in [3.8, 4) is 11.1 Å². The van der Waals surface area contributed by atoms with Crippen molar-refractivity contribution in [1.29, 1.82) is 0 Å². The number of benzene rings is 1. The predicted molar refractivity (Wildman–Crippen MR) is 97.9 cm³/mol. The molecule has 0 aliphatic carbocycles. The Balaban J connectivity index is 2.09. The zero-order valence-corrected chi connectivity index (χ0v) is 15.6. The van der Waals surface area contributed by atoms with E-state index in [0.29, 0.717) is 5.82 Å². The third kappa shape index (κ3) is 4.58. The standard InChI is InChI=1S/C16H23N5O3S/c1-12-14(13-8-6-5-7-9-13)15(21(4)19-12)18-16(22)17-10-11-25(23,24)20(2)3/h5-9H,10-11H2,1-4H3,(H2,17,18,22). The molecule has 0 atom stereocenters. The number of carbonyl (C=O) groups is 1. The van der Waals surface area contributed by atoms with Crippen LogP contribution in [0.15, 0.2) is 30.3 Å². The number of hydrogen-bond donors (Lipinski definition) is 2. The minimum absolute atomic E-state index is 0.0177. The third-order valence-corrected chi connectivity index (χ3v) is 5.55. The van der Waals surface area contributed by atoms with Crippen LogP contribution in [-0.4, -0.2) is 54.9 Å². The molecule has 2 amide bonds. The molecule has 136 valence electrons. The summed E-state index contributed by atoms with van der Waals surface area (Å²) in [4.78, 5) is 12.1. The van der Waals surface area contributed by atoms with E-state index in [9.17, 15) is 13.2 Å². The van der Waals surface area contributed by atoms with Gasteiger partial charge in [-0.2, -0.15) is 5.10 Å². The summed E-state index contributed by atoms with van der Waals surface area (Å²) >= 11 is 0. The van der Waals surface area contributed by atoms with Crippen LogP contribution in [0.3, 0.4) is 0 Å². The van der Waals surface area contributed by atoms with Crippen LogP contribution in [0.4, 0.5) is 10.6 Å². The van der Waals surface area contributed by atoms with Crippen molar-refractivity contribution < 1.29 is 13.2 Å². The molecule has 2 rings (SSSR count). The maximum atomic E-state index is 12.1. The Hall–Kier alpha value is -2.39. The molecule has 0 saturated heterocycles. The maximum Gasteiger partial charge on any atom is 0.320 e. The first-order valence-electron chi connectivity index (χ1n) is 7.76. The topological polar surface area (TPSA) is 96.3 Å². The molecule has 0 aliphatic heterocycles. The average molecular weight is 365 g/mol. The van der Waals surface area contributed by atoms with E-state index in [1.165, 1.54) is 14.1 Å². The van der Waals surface area contributed by atoms with Crippen molar-refractivity contribution in [3.05, 3.63) is 36.0 Å². The molecule has 0 spiro atoms. The fourth-order valence-corrected chi connectivity index (χ4v) is 3.10. The Morgan fingerprint density at radius 3 is 2.48 bits per heavy atom. The van der Waals surface area contributed by atoms with Crippen molar-refractivity contribution in [2.45, 2.75) is 6.92 Å². The van der Waals surface area contributed by atoms with E-state index in [0.717, 1.165) is 21.1 Å². The minimum Gasteiger partial charge on any atom is -0.337 e. The Morgan fingerprint density at radius 1 is 1.24 bits per heavy atom. The second-order valence-electron chi connectivity index (χ2n) is 5.78. The van der Waals surface area contributed by atoms with Gasteiger partial charge < -0.3 is 5.32 Å². The number of rotatable bonds is 6. The first kappa shape index (κ1) is 18.9. The van der Waals surface area contributed by atoms with Crippen molar-refractivity contribution >= 4 is 21.9 Å². The summed E-state index contributed by atoms with van der Waals surface area (Å²) in [6, 6.07) is 9.15. The lowest BCUT2D eigenvalue weighted by molar-refractivity contribution is 0.252. The van der Waals surface area contributed by atoms with Crippen molar-refractivity contribution in [1.82, 2.24) is 19.4 Å². The molecule has 1 heterocycles. The molecule has 2 N–H and O–H groups in total. The Kier molecular flexibility index (Phi) is 5.81. The average Bonchev–Trinajstić information content (AvgIpc) is 2.81. The van der Waals surface area contributed by atoms with Crippen LogP contribution in [0.2, 0.25) is 0 Å². The Bertz CT molecular complexity index is 844. The number of hydrogen-bond acceptors (Lipinski definition) is 4. The molecule has 9 heteroatoms. The molecular formula is C16H23N5O3S. The summed E-state index contributed by atoms with van der Waals surface area (Å²) in [7, 11) is 1.31. The molecule has 0 fully saturated rings. The smallest absolute Gasteiger partial charge is 0.320 e. The van der Waals surface area contributed by atoms with Crippen LogP contribution in [-0.2, 0) is 17.1 Å². The fraction of sp³-hybridized carbons (Fsp3) is 0.375. The highest BCUT2D eigenvalue weighted by molar-refractivity contribution is 7.89. The lowest BCUT2D eigenvalue weighted by atomic mass is 10.1. The minimum atomic E-state index is -3.35. The first-order valence-corrected chi connectivity index (χ1v) is 9.37. The summed E-state index contributed by atoms with van der Waals surface area (Å²) in [5.41, 5.74) is 2.57. The highest BCUT2D eigenvalue weighted by Gasteiger charge is 2.18. The van der Waals surface area contributed by atoms with E-state index >= 15 is 0 Å². The van der Waals surface area contributed by atoms with Gasteiger partial charge in [-0.3, -0.25) is 10.00 Å². The maximum absolute atomic E-state index is 12.1. The molecule has 0 saturated carbocycles. The lowest BCUT2D eigenvalue weighted by Gasteiger charge is -2.13. The monoisotopic (exact) mass is 365 g/mol. The quantitative estimate of drug-likeness (QED) is 0.809. The zero-order chi connectivity index (χ0) is 18.6. The number of aromatic nitrogens is 2. The summed E-state index contributed by atoms with van der Waals surface area (Å²) in [5.74, 6) is 0.389. The van der Waals surface area contributed by atoms with Crippen LogP contribution in [0, 0.1) is 6.92 Å². The number of urea groups is 1. The van der Waals surface area contributed by atoms with Gasteiger partial charge in [0.15, 0.2) is 0 Å². The van der Waals surface area contributed by atoms with Crippen LogP contribution in [0.5, 0.6) is 0 Å². The third-order valence-electron chi connectivity index (χ3n) is 3.72. The van der Waals surface area contributed by atoms with Gasteiger partial charge in [0.05, 0.1) is 11.4 Å². The molecule has 0 bridgehead atoms. The molecule has 0 unspecified atom stereocenters. The second-order valence-corrected chi connectivity index (χ2v) is 8.08. The molecule has 25 heavy (non-hydrogen) atoms. The number of carbonyl (C=O) groups excluding carboxylic acids is 1. The molecule has 1 aromatic carbocycles. The summed E-state index contributed by atoms with van der Waals surface area (Å²) in [6.45, 7) is 1.89. The molecule has 2 aromatic rings. The number of nitrogens with one attached hydrogen (secondary N) is 2. The first-order chi connectivity index (χ1) is 11.7. The Labute approximate surface area is 147 Å². The van der Waals surface area contributed by atoms with Crippen LogP contribution in [0.1, 0.15) is 5.69 Å². The van der Waals surface area contributed by atoms with Gasteiger partial charge in [0.25, 0.3) is 0 Å². The van der Waals surface area contributed by atoms with Gasteiger partial charge in [-0.15, -0.1) is 0 Å². The number of aryl methyl sites for hydroxylation is 2. The Morgan fingerprint density at radius 2 is 1.88 bits per heavy atom. The number of amides is 2. The summed E-state index contributed by atoms with van der Waals surface area (Å²) in [6.07, 6.45) is 0. The molecule has 0 radical (unpaired) electrons. The molecule has 1 aromatic heterocycles. The van der Waals surface area contributed by atoms with E-state index in [2.05, 4.69) is 15.7 Å². The van der Waals surface area contributed by atoms with Crippen LogP contribution < -0.4 is 10.6 Å². The number of anilines is 1. The lowest BCUT2D eigenvalue weighted by Crippen LogP contribution is -2.36. The normalized spacial score (nSPS) is 11.6. The van der Waals surface area contributed by atoms with Gasteiger partial charge in [-0.25, -0.2) is 17.5 Å². The number of nitrogens with zero attached hydrogens (tertiary/aromatic N) is 3. The predicted octanol–water partition coefficient (Wildman–Crippen LogP) is 1.41. The SMILES string of the molecule is Cc1nn(C)c(NC(=O)NCCS(=O)(=O)N(C)C)c1-c1ccccc1. The van der Waals surface area contributed by atoms with Gasteiger partial charge >= 0.3 is 6.03 Å². The zero-order valence-electron chi connectivity index (χ0n) is 14.8. The van der Waals surface area contributed by atoms with Gasteiger partial charge in [-0.1, -0.05) is 30.3 Å². The summed E-state index contributed by atoms with van der Waals surface area (Å²) < 4.78 is 26.1. The van der Waals surface area contributed by atoms with Crippen LogP contribution in [0.25, 0.3) is 11.1 Å². The highest BCUT2D eigenvalue weighted by Crippen LogP contribution is 2.30. The largest absolute Gasteiger partial charge is 0.337 e. The summed E-state index contributed by atoms with van der Waals surface area (Å²) in [5, 5.41) is 9.67. The second kappa shape index (κ2) is 7.66. The van der Waals surface area contributed by atoms with E-state index in [1.54, 1.807) is 11.7 Å². The molecule has 8 nitrogen and oxygen atoms in total.